The Kier molecular flexibility index (Phi) is 5.66. The Balaban J connectivity index is 1.97. The number of carboxylic acids is 1. The molecule has 28 heavy (non-hydrogen) atoms. The molecule has 0 aliphatic heterocycles. The molecule has 0 amide bonds. The van der Waals surface area contributed by atoms with Crippen molar-refractivity contribution in [2.45, 2.75) is 38.3 Å². The van der Waals surface area contributed by atoms with Gasteiger partial charge < -0.3 is 5.11 Å². The molecule has 3 nitrogen and oxygen atoms in total. The van der Waals surface area contributed by atoms with Gasteiger partial charge in [0.25, 0.3) is 0 Å². The third kappa shape index (κ3) is 4.00. The quantitative estimate of drug-likeness (QED) is 0.632. The molecular formula is C25H27NO2. The number of nitrogens with one attached hydrogen (secondary N) is 1. The van der Waals surface area contributed by atoms with E-state index in [9.17, 15) is 9.90 Å². The average molecular weight is 373 g/mol. The normalized spacial score (nSPS) is 12.0. The van der Waals surface area contributed by atoms with Crippen LogP contribution < -0.4 is 5.32 Å². The van der Waals surface area contributed by atoms with Crippen LogP contribution >= 0.6 is 0 Å². The number of benzene rings is 3. The molecule has 0 spiro atoms. The van der Waals surface area contributed by atoms with Crippen molar-refractivity contribution >= 4 is 5.97 Å². The van der Waals surface area contributed by atoms with Crippen molar-refractivity contribution in [3.8, 4) is 0 Å². The first-order chi connectivity index (χ1) is 13.3. The van der Waals surface area contributed by atoms with Gasteiger partial charge in [-0.05, 0) is 27.7 Å². The van der Waals surface area contributed by atoms with E-state index in [0.717, 1.165) is 5.56 Å². The molecule has 0 saturated heterocycles. The summed E-state index contributed by atoms with van der Waals surface area (Å²) in [7, 11) is 0. The molecule has 0 saturated carbocycles. The second-order valence-corrected chi connectivity index (χ2v) is 8.09. The van der Waals surface area contributed by atoms with Gasteiger partial charge in [0.2, 0.25) is 0 Å². The van der Waals surface area contributed by atoms with Crippen LogP contribution in [0, 0.1) is 0 Å². The Morgan fingerprint density at radius 2 is 1.21 bits per heavy atom. The predicted octanol–water partition coefficient (Wildman–Crippen LogP) is 5.10. The van der Waals surface area contributed by atoms with Gasteiger partial charge in [-0.3, -0.25) is 5.32 Å². The molecular weight excluding hydrogens is 346 g/mol. The van der Waals surface area contributed by atoms with Crippen molar-refractivity contribution in [1.82, 2.24) is 5.32 Å². The summed E-state index contributed by atoms with van der Waals surface area (Å²) in [5, 5.41) is 13.6. The molecule has 0 unspecified atom stereocenters. The van der Waals surface area contributed by atoms with Crippen LogP contribution in [0.5, 0.6) is 0 Å². The first kappa shape index (κ1) is 19.8. The lowest BCUT2D eigenvalue weighted by Crippen LogP contribution is -2.49. The molecule has 144 valence electrons. The van der Waals surface area contributed by atoms with Crippen LogP contribution in [0.1, 0.15) is 43.0 Å². The van der Waals surface area contributed by atoms with Crippen LogP contribution in [0.4, 0.5) is 0 Å². The highest BCUT2D eigenvalue weighted by Crippen LogP contribution is 2.31. The van der Waals surface area contributed by atoms with Crippen LogP contribution in [0.25, 0.3) is 0 Å². The minimum absolute atomic E-state index is 0.0882. The maximum atomic E-state index is 12.6. The Morgan fingerprint density at radius 1 is 0.750 bits per heavy atom. The molecule has 2 N–H and O–H groups in total. The van der Waals surface area contributed by atoms with E-state index in [0.29, 0.717) is 17.7 Å². The highest BCUT2D eigenvalue weighted by Gasteiger charge is 2.41. The Labute approximate surface area is 167 Å². The van der Waals surface area contributed by atoms with E-state index in [1.165, 1.54) is 5.56 Å². The van der Waals surface area contributed by atoms with Crippen molar-refractivity contribution in [2.75, 3.05) is 0 Å². The Bertz CT molecular complexity index is 871. The molecule has 3 aromatic carbocycles. The second-order valence-electron chi connectivity index (χ2n) is 8.09. The summed E-state index contributed by atoms with van der Waals surface area (Å²) in [4.78, 5) is 12.6. The smallest absolute Gasteiger partial charge is 0.333 e. The lowest BCUT2D eigenvalue weighted by molar-refractivity contribution is -0.143. The number of hydrogen-bond donors (Lipinski definition) is 2. The van der Waals surface area contributed by atoms with Gasteiger partial charge in [0.1, 0.15) is 0 Å². The lowest BCUT2D eigenvalue weighted by Gasteiger charge is -2.32. The van der Waals surface area contributed by atoms with E-state index in [4.69, 9.17) is 0 Å². The molecule has 0 aliphatic rings. The maximum Gasteiger partial charge on any atom is 0.333 e. The Morgan fingerprint density at radius 3 is 1.61 bits per heavy atom. The van der Waals surface area contributed by atoms with Gasteiger partial charge in [-0.15, -0.1) is 0 Å². The van der Waals surface area contributed by atoms with Gasteiger partial charge in [0, 0.05) is 6.54 Å². The van der Waals surface area contributed by atoms with Crippen LogP contribution in [-0.2, 0) is 22.3 Å². The summed E-state index contributed by atoms with van der Waals surface area (Å²) >= 11 is 0. The van der Waals surface area contributed by atoms with E-state index in [2.05, 4.69) is 50.4 Å². The van der Waals surface area contributed by atoms with E-state index in [1.54, 1.807) is 0 Å². The van der Waals surface area contributed by atoms with Crippen molar-refractivity contribution < 1.29 is 9.90 Å². The minimum atomic E-state index is -1.31. The summed E-state index contributed by atoms with van der Waals surface area (Å²) in [5.74, 6) is -0.920. The maximum absolute atomic E-state index is 12.6. The highest BCUT2D eigenvalue weighted by atomic mass is 16.4. The fourth-order valence-electron chi connectivity index (χ4n) is 3.43. The number of carboxylic acid groups (broad SMARTS) is 1. The molecule has 3 heteroatoms. The van der Waals surface area contributed by atoms with Crippen molar-refractivity contribution in [3.05, 3.63) is 107 Å². The molecule has 3 rings (SSSR count). The van der Waals surface area contributed by atoms with Crippen LogP contribution in [0.3, 0.4) is 0 Å². The van der Waals surface area contributed by atoms with Gasteiger partial charge in [-0.25, -0.2) is 4.79 Å². The largest absolute Gasteiger partial charge is 0.479 e. The van der Waals surface area contributed by atoms with Gasteiger partial charge in [0.15, 0.2) is 5.54 Å². The zero-order valence-corrected chi connectivity index (χ0v) is 16.6. The third-order valence-corrected chi connectivity index (χ3v) is 5.11. The van der Waals surface area contributed by atoms with Crippen LogP contribution in [0.15, 0.2) is 84.9 Å². The topological polar surface area (TPSA) is 49.3 Å². The van der Waals surface area contributed by atoms with Crippen LogP contribution in [-0.4, -0.2) is 11.1 Å². The standard InChI is InChI=1S/C25H27NO2/c1-24(2,3)20-16-14-19(15-17-20)18-26-25(23(27)28,21-10-6-4-7-11-21)22-12-8-5-9-13-22/h4-17,26H,18H2,1-3H3,(H,27,28). The molecule has 0 bridgehead atoms. The summed E-state index contributed by atoms with van der Waals surface area (Å²) in [6.07, 6.45) is 0. The molecule has 0 aromatic heterocycles. The van der Waals surface area contributed by atoms with E-state index in [-0.39, 0.29) is 5.41 Å². The lowest BCUT2D eigenvalue weighted by atomic mass is 9.82. The number of aliphatic carboxylic acids is 1. The fourth-order valence-corrected chi connectivity index (χ4v) is 3.43. The monoisotopic (exact) mass is 373 g/mol. The highest BCUT2D eigenvalue weighted by molar-refractivity contribution is 5.85. The molecule has 0 fully saturated rings. The third-order valence-electron chi connectivity index (χ3n) is 5.11. The second kappa shape index (κ2) is 7.99. The summed E-state index contributed by atoms with van der Waals surface area (Å²) in [5.41, 5.74) is 2.49. The van der Waals surface area contributed by atoms with E-state index in [1.807, 2.05) is 60.7 Å². The number of rotatable bonds is 6. The van der Waals surface area contributed by atoms with Crippen molar-refractivity contribution in [1.29, 1.82) is 0 Å². The molecule has 3 aromatic rings. The summed E-state index contributed by atoms with van der Waals surface area (Å²) in [6, 6.07) is 27.1. The average Bonchev–Trinajstić information content (AvgIpc) is 2.69. The zero-order chi connectivity index (χ0) is 20.2. The molecule has 0 aliphatic carbocycles. The fraction of sp³-hybridized carbons (Fsp3) is 0.240. The SMILES string of the molecule is CC(C)(C)c1ccc(CNC(C(=O)O)(c2ccccc2)c2ccccc2)cc1. The van der Waals surface area contributed by atoms with Crippen molar-refractivity contribution in [2.24, 2.45) is 0 Å². The van der Waals surface area contributed by atoms with Crippen molar-refractivity contribution in [3.63, 3.8) is 0 Å². The predicted molar refractivity (Wildman–Crippen MR) is 113 cm³/mol. The summed E-state index contributed by atoms with van der Waals surface area (Å²) < 4.78 is 0. The molecule has 0 radical (unpaired) electrons. The molecule has 0 atom stereocenters. The zero-order valence-electron chi connectivity index (χ0n) is 16.6. The van der Waals surface area contributed by atoms with Gasteiger partial charge in [-0.2, -0.15) is 0 Å². The van der Waals surface area contributed by atoms with E-state index < -0.39 is 11.5 Å². The van der Waals surface area contributed by atoms with E-state index >= 15 is 0 Å². The van der Waals surface area contributed by atoms with Gasteiger partial charge >= 0.3 is 5.97 Å². The Hall–Kier alpha value is -2.91. The first-order valence-electron chi connectivity index (χ1n) is 9.53. The number of hydrogen-bond acceptors (Lipinski definition) is 2. The van der Waals surface area contributed by atoms with Gasteiger partial charge in [-0.1, -0.05) is 106 Å². The molecule has 0 heterocycles. The van der Waals surface area contributed by atoms with Gasteiger partial charge in [0.05, 0.1) is 0 Å². The summed E-state index contributed by atoms with van der Waals surface area (Å²) in [6.45, 7) is 6.99. The minimum Gasteiger partial charge on any atom is -0.479 e. The number of carbonyl (C=O) groups is 1. The first-order valence-corrected chi connectivity index (χ1v) is 9.53. The van der Waals surface area contributed by atoms with Crippen LogP contribution in [0.2, 0.25) is 0 Å².